The zero-order valence-corrected chi connectivity index (χ0v) is 15.3. The van der Waals surface area contributed by atoms with E-state index in [1.54, 1.807) is 35.4 Å². The van der Waals surface area contributed by atoms with Crippen LogP contribution in [-0.2, 0) is 11.3 Å². The van der Waals surface area contributed by atoms with Crippen molar-refractivity contribution < 1.29 is 14.3 Å². The number of amides is 1. The van der Waals surface area contributed by atoms with Gasteiger partial charge in [-0.25, -0.2) is 0 Å². The van der Waals surface area contributed by atoms with Gasteiger partial charge in [0.05, 0.1) is 12.2 Å². The Labute approximate surface area is 153 Å². The molecule has 1 aromatic carbocycles. The number of anilines is 1. The van der Waals surface area contributed by atoms with Gasteiger partial charge in [0.1, 0.15) is 5.75 Å². The molecule has 1 aliphatic rings. The van der Waals surface area contributed by atoms with Gasteiger partial charge in [-0.3, -0.25) is 14.4 Å². The Bertz CT molecular complexity index is 891. The molecule has 7 heteroatoms. The van der Waals surface area contributed by atoms with Crippen molar-refractivity contribution >= 4 is 33.3 Å². The molecule has 0 fully saturated rings. The summed E-state index contributed by atoms with van der Waals surface area (Å²) in [6.45, 7) is 2.49. The Balaban J connectivity index is 1.90. The second kappa shape index (κ2) is 7.23. The smallest absolute Gasteiger partial charge is 0.265 e. The second-order valence-corrected chi connectivity index (χ2v) is 6.67. The van der Waals surface area contributed by atoms with Gasteiger partial charge in [-0.1, -0.05) is 6.92 Å². The molecular weight excluding hydrogens is 388 g/mol. The molecule has 3 rings (SSSR count). The van der Waals surface area contributed by atoms with E-state index in [0.717, 1.165) is 10.9 Å². The minimum Gasteiger partial charge on any atom is -0.482 e. The van der Waals surface area contributed by atoms with Crippen molar-refractivity contribution in [3.05, 3.63) is 56.9 Å². The molecule has 0 aliphatic carbocycles. The number of nitrogens with zero attached hydrogens (tertiary/aromatic N) is 2. The van der Waals surface area contributed by atoms with E-state index in [0.29, 0.717) is 23.5 Å². The number of pyridine rings is 1. The monoisotopic (exact) mass is 404 g/mol. The van der Waals surface area contributed by atoms with E-state index in [9.17, 15) is 14.4 Å². The molecule has 6 nitrogen and oxygen atoms in total. The maximum atomic E-state index is 12.6. The lowest BCUT2D eigenvalue weighted by atomic mass is 10.1. The van der Waals surface area contributed by atoms with Gasteiger partial charge in [-0.15, -0.1) is 0 Å². The summed E-state index contributed by atoms with van der Waals surface area (Å²) in [5.41, 5.74) is 0.788. The van der Waals surface area contributed by atoms with Gasteiger partial charge in [0.15, 0.2) is 12.4 Å². The normalized spacial score (nSPS) is 13.4. The molecule has 0 radical (unpaired) electrons. The standard InChI is InChI=1S/C18H17BrN2O4/c1-2-7-21-14-8-12(3-5-16(14)25-11-18(21)24)15(22)10-20-9-13(19)4-6-17(20)23/h3-6,8-9H,2,7,10-11H2,1H3. The molecule has 2 aromatic rings. The number of hydrogen-bond acceptors (Lipinski definition) is 4. The Morgan fingerprint density at radius 2 is 2.04 bits per heavy atom. The summed E-state index contributed by atoms with van der Waals surface area (Å²) < 4.78 is 7.50. The van der Waals surface area contributed by atoms with E-state index >= 15 is 0 Å². The molecule has 25 heavy (non-hydrogen) atoms. The predicted octanol–water partition coefficient (Wildman–Crippen LogP) is 2.63. The minimum absolute atomic E-state index is 0.00767. The summed E-state index contributed by atoms with van der Waals surface area (Å²) >= 11 is 3.29. The van der Waals surface area contributed by atoms with Gasteiger partial charge in [0, 0.05) is 28.8 Å². The Morgan fingerprint density at radius 3 is 2.80 bits per heavy atom. The van der Waals surface area contributed by atoms with E-state index in [4.69, 9.17) is 4.74 Å². The zero-order valence-electron chi connectivity index (χ0n) is 13.7. The maximum absolute atomic E-state index is 12.6. The van der Waals surface area contributed by atoms with E-state index in [2.05, 4.69) is 15.9 Å². The van der Waals surface area contributed by atoms with Crippen molar-refractivity contribution in [2.45, 2.75) is 19.9 Å². The first-order chi connectivity index (χ1) is 12.0. The molecule has 0 saturated carbocycles. The molecule has 0 N–H and O–H groups in total. The molecule has 0 spiro atoms. The number of rotatable bonds is 5. The van der Waals surface area contributed by atoms with Gasteiger partial charge in [-0.2, -0.15) is 0 Å². The average Bonchev–Trinajstić information content (AvgIpc) is 2.60. The van der Waals surface area contributed by atoms with Crippen LogP contribution in [0.25, 0.3) is 0 Å². The Kier molecular flexibility index (Phi) is 5.03. The maximum Gasteiger partial charge on any atom is 0.265 e. The number of benzene rings is 1. The number of ether oxygens (including phenoxy) is 1. The number of aromatic nitrogens is 1. The van der Waals surface area contributed by atoms with Crippen LogP contribution in [0.4, 0.5) is 5.69 Å². The predicted molar refractivity (Wildman–Crippen MR) is 97.3 cm³/mol. The first kappa shape index (κ1) is 17.4. The van der Waals surface area contributed by atoms with E-state index in [1.165, 1.54) is 10.6 Å². The molecule has 0 atom stereocenters. The summed E-state index contributed by atoms with van der Waals surface area (Å²) in [5, 5.41) is 0. The molecule has 0 saturated heterocycles. The summed E-state index contributed by atoms with van der Waals surface area (Å²) in [6.07, 6.45) is 2.38. The third kappa shape index (κ3) is 3.66. The van der Waals surface area contributed by atoms with Gasteiger partial charge in [0.25, 0.3) is 11.5 Å². The Morgan fingerprint density at radius 1 is 1.24 bits per heavy atom. The van der Waals surface area contributed by atoms with Crippen molar-refractivity contribution in [3.8, 4) is 5.75 Å². The van der Waals surface area contributed by atoms with E-state index in [-0.39, 0.29) is 30.4 Å². The number of Topliss-reactive ketones (excluding diaryl/α,β-unsaturated/α-hetero) is 1. The molecule has 0 unspecified atom stereocenters. The number of fused-ring (bicyclic) bond motifs is 1. The average molecular weight is 405 g/mol. The van der Waals surface area contributed by atoms with Crippen LogP contribution in [-0.4, -0.2) is 29.4 Å². The summed E-state index contributed by atoms with van der Waals surface area (Å²) in [4.78, 5) is 38.2. The van der Waals surface area contributed by atoms with Crippen molar-refractivity contribution in [2.75, 3.05) is 18.1 Å². The molecule has 2 heterocycles. The highest BCUT2D eigenvalue weighted by Gasteiger charge is 2.25. The molecule has 1 aromatic heterocycles. The van der Waals surface area contributed by atoms with Crippen LogP contribution in [0.2, 0.25) is 0 Å². The van der Waals surface area contributed by atoms with Crippen LogP contribution in [0.15, 0.2) is 45.8 Å². The lowest BCUT2D eigenvalue weighted by molar-refractivity contribution is -0.121. The zero-order chi connectivity index (χ0) is 18.0. The van der Waals surface area contributed by atoms with Gasteiger partial charge in [0.2, 0.25) is 0 Å². The number of carbonyl (C=O) groups excluding carboxylic acids is 2. The van der Waals surface area contributed by atoms with Crippen molar-refractivity contribution in [2.24, 2.45) is 0 Å². The van der Waals surface area contributed by atoms with Crippen molar-refractivity contribution in [1.29, 1.82) is 0 Å². The summed E-state index contributed by atoms with van der Waals surface area (Å²) in [6, 6.07) is 8.05. The summed E-state index contributed by atoms with van der Waals surface area (Å²) in [5.74, 6) is 0.254. The third-order valence-electron chi connectivity index (χ3n) is 3.93. The van der Waals surface area contributed by atoms with Gasteiger partial charge >= 0.3 is 0 Å². The summed E-state index contributed by atoms with van der Waals surface area (Å²) in [7, 11) is 0. The van der Waals surface area contributed by atoms with E-state index in [1.807, 2.05) is 6.92 Å². The quantitative estimate of drug-likeness (QED) is 0.718. The van der Waals surface area contributed by atoms with Crippen LogP contribution in [0, 0.1) is 0 Å². The fraction of sp³-hybridized carbons (Fsp3) is 0.278. The van der Waals surface area contributed by atoms with Gasteiger partial charge < -0.3 is 14.2 Å². The fourth-order valence-corrected chi connectivity index (χ4v) is 3.10. The highest BCUT2D eigenvalue weighted by Crippen LogP contribution is 2.33. The largest absolute Gasteiger partial charge is 0.482 e. The van der Waals surface area contributed by atoms with Gasteiger partial charge in [-0.05, 0) is 46.6 Å². The molecular formula is C18H17BrN2O4. The first-order valence-electron chi connectivity index (χ1n) is 7.96. The second-order valence-electron chi connectivity index (χ2n) is 5.75. The number of carbonyl (C=O) groups is 2. The minimum atomic E-state index is -0.249. The molecule has 130 valence electrons. The highest BCUT2D eigenvalue weighted by atomic mass is 79.9. The molecule has 1 aliphatic heterocycles. The number of ketones is 1. The topological polar surface area (TPSA) is 68.6 Å². The highest BCUT2D eigenvalue weighted by molar-refractivity contribution is 9.10. The van der Waals surface area contributed by atoms with Crippen LogP contribution in [0.5, 0.6) is 5.75 Å². The number of hydrogen-bond donors (Lipinski definition) is 0. The lowest BCUT2D eigenvalue weighted by Gasteiger charge is -2.29. The van der Waals surface area contributed by atoms with Crippen LogP contribution in [0.3, 0.4) is 0 Å². The van der Waals surface area contributed by atoms with Crippen molar-refractivity contribution in [3.63, 3.8) is 0 Å². The molecule has 0 bridgehead atoms. The fourth-order valence-electron chi connectivity index (χ4n) is 2.72. The van der Waals surface area contributed by atoms with E-state index < -0.39 is 0 Å². The molecule has 1 amide bonds. The SMILES string of the molecule is CCCN1C(=O)COc2ccc(C(=O)Cn3cc(Br)ccc3=O)cc21. The van der Waals surface area contributed by atoms with Crippen molar-refractivity contribution in [1.82, 2.24) is 4.57 Å². The number of halogens is 1. The third-order valence-corrected chi connectivity index (χ3v) is 4.40. The Hall–Kier alpha value is -2.41. The van der Waals surface area contributed by atoms with Crippen LogP contribution in [0.1, 0.15) is 23.7 Å². The van der Waals surface area contributed by atoms with Crippen LogP contribution >= 0.6 is 15.9 Å². The lowest BCUT2D eigenvalue weighted by Crippen LogP contribution is -2.39. The first-order valence-corrected chi connectivity index (χ1v) is 8.75. The van der Waals surface area contributed by atoms with Crippen LogP contribution < -0.4 is 15.2 Å².